The van der Waals surface area contributed by atoms with E-state index in [0.29, 0.717) is 24.7 Å². The topological polar surface area (TPSA) is 63.4 Å². The van der Waals surface area contributed by atoms with Crippen molar-refractivity contribution in [1.29, 1.82) is 0 Å². The van der Waals surface area contributed by atoms with E-state index in [-0.39, 0.29) is 5.91 Å². The van der Waals surface area contributed by atoms with Crippen LogP contribution < -0.4 is 5.73 Å². The lowest BCUT2D eigenvalue weighted by molar-refractivity contribution is -0.138. The molecule has 2 amide bonds. The number of primary amides is 1. The van der Waals surface area contributed by atoms with Gasteiger partial charge < -0.3 is 10.6 Å². The Morgan fingerprint density at radius 2 is 1.79 bits per heavy atom. The molecule has 0 fully saturated rings. The largest absolute Gasteiger partial charge is 0.368 e. The van der Waals surface area contributed by atoms with Crippen LogP contribution in [0.15, 0.2) is 0 Å². The molecule has 2 N–H and O–H groups in total. The van der Waals surface area contributed by atoms with Crippen molar-refractivity contribution in [2.75, 3.05) is 7.05 Å². The number of nitrogens with zero attached hydrogens (tertiary/aromatic N) is 1. The SMILES string of the molecule is CCCC[C@@H](C)C[C@@H](C(N)=O)N(C)C(=O)CC(C)C. The molecule has 2 atom stereocenters. The van der Waals surface area contributed by atoms with Gasteiger partial charge in [-0.05, 0) is 18.3 Å². The maximum atomic E-state index is 12.0. The second-order valence-corrected chi connectivity index (χ2v) is 6.00. The van der Waals surface area contributed by atoms with Crippen molar-refractivity contribution < 1.29 is 9.59 Å². The minimum absolute atomic E-state index is 0.00138. The Kier molecular flexibility index (Phi) is 8.44. The number of carbonyl (C=O) groups is 2. The quantitative estimate of drug-likeness (QED) is 0.700. The molecule has 0 bridgehead atoms. The third-order valence-corrected chi connectivity index (χ3v) is 3.45. The molecule has 0 aromatic heterocycles. The van der Waals surface area contributed by atoms with Crippen LogP contribution in [0.25, 0.3) is 0 Å². The number of hydrogen-bond acceptors (Lipinski definition) is 2. The van der Waals surface area contributed by atoms with Gasteiger partial charge in [-0.2, -0.15) is 0 Å². The van der Waals surface area contributed by atoms with Crippen LogP contribution in [0.2, 0.25) is 0 Å². The molecular weight excluding hydrogens is 240 g/mol. The molecule has 0 heterocycles. The van der Waals surface area contributed by atoms with Crippen molar-refractivity contribution in [2.24, 2.45) is 17.6 Å². The standard InChI is InChI=1S/C15H30N2O2/c1-6-7-8-12(4)10-13(15(16)19)17(5)14(18)9-11(2)3/h11-13H,6-10H2,1-5H3,(H2,16,19)/t12-,13+/m1/s1. The predicted molar refractivity (Wildman–Crippen MR) is 78.5 cm³/mol. The Morgan fingerprint density at radius 3 is 2.21 bits per heavy atom. The Labute approximate surface area is 117 Å². The van der Waals surface area contributed by atoms with Gasteiger partial charge in [0.25, 0.3) is 0 Å². The van der Waals surface area contributed by atoms with Crippen molar-refractivity contribution in [2.45, 2.75) is 65.8 Å². The summed E-state index contributed by atoms with van der Waals surface area (Å²) in [5.41, 5.74) is 5.45. The number of carbonyl (C=O) groups excluding carboxylic acids is 2. The molecule has 0 radical (unpaired) electrons. The van der Waals surface area contributed by atoms with Crippen molar-refractivity contribution in [3.8, 4) is 0 Å². The summed E-state index contributed by atoms with van der Waals surface area (Å²) in [6.07, 6.45) is 4.50. The van der Waals surface area contributed by atoms with E-state index in [9.17, 15) is 9.59 Å². The number of likely N-dealkylation sites (N-methyl/N-ethyl adjacent to an activating group) is 1. The molecule has 0 saturated heterocycles. The maximum absolute atomic E-state index is 12.0. The van der Waals surface area contributed by atoms with Crippen LogP contribution in [-0.4, -0.2) is 29.8 Å². The fraction of sp³-hybridized carbons (Fsp3) is 0.867. The van der Waals surface area contributed by atoms with Gasteiger partial charge in [0.15, 0.2) is 0 Å². The van der Waals surface area contributed by atoms with E-state index in [1.165, 1.54) is 4.90 Å². The first-order valence-corrected chi connectivity index (χ1v) is 7.34. The Hall–Kier alpha value is -1.06. The molecule has 0 aromatic rings. The predicted octanol–water partition coefficient (Wildman–Crippen LogP) is 2.56. The van der Waals surface area contributed by atoms with E-state index in [2.05, 4.69) is 13.8 Å². The number of rotatable bonds is 9. The average Bonchev–Trinajstić information content (AvgIpc) is 2.31. The Bertz CT molecular complexity index is 290. The third-order valence-electron chi connectivity index (χ3n) is 3.45. The first kappa shape index (κ1) is 17.9. The van der Waals surface area contributed by atoms with Crippen LogP contribution >= 0.6 is 0 Å². The van der Waals surface area contributed by atoms with Crippen LogP contribution in [0.3, 0.4) is 0 Å². The minimum Gasteiger partial charge on any atom is -0.368 e. The van der Waals surface area contributed by atoms with Gasteiger partial charge in [0, 0.05) is 13.5 Å². The Balaban J connectivity index is 4.54. The highest BCUT2D eigenvalue weighted by Gasteiger charge is 2.26. The highest BCUT2D eigenvalue weighted by Crippen LogP contribution is 2.18. The van der Waals surface area contributed by atoms with E-state index >= 15 is 0 Å². The van der Waals surface area contributed by atoms with Crippen molar-refractivity contribution in [3.05, 3.63) is 0 Å². The molecule has 112 valence electrons. The summed E-state index contributed by atoms with van der Waals surface area (Å²) in [7, 11) is 1.69. The third kappa shape index (κ3) is 7.19. The van der Waals surface area contributed by atoms with E-state index in [1.54, 1.807) is 7.05 Å². The molecule has 0 aliphatic heterocycles. The monoisotopic (exact) mass is 270 g/mol. The van der Waals surface area contributed by atoms with Crippen molar-refractivity contribution >= 4 is 11.8 Å². The van der Waals surface area contributed by atoms with E-state index < -0.39 is 11.9 Å². The van der Waals surface area contributed by atoms with E-state index in [0.717, 1.165) is 19.3 Å². The van der Waals surface area contributed by atoms with Crippen LogP contribution in [0.5, 0.6) is 0 Å². The zero-order chi connectivity index (χ0) is 15.0. The molecule has 0 aromatic carbocycles. The van der Waals surface area contributed by atoms with Crippen LogP contribution in [0, 0.1) is 11.8 Å². The maximum Gasteiger partial charge on any atom is 0.240 e. The van der Waals surface area contributed by atoms with E-state index in [1.807, 2.05) is 13.8 Å². The fourth-order valence-electron chi connectivity index (χ4n) is 2.18. The van der Waals surface area contributed by atoms with E-state index in [4.69, 9.17) is 5.73 Å². The zero-order valence-electron chi connectivity index (χ0n) is 13.1. The average molecular weight is 270 g/mol. The van der Waals surface area contributed by atoms with Crippen molar-refractivity contribution in [1.82, 2.24) is 4.90 Å². The van der Waals surface area contributed by atoms with Crippen molar-refractivity contribution in [3.63, 3.8) is 0 Å². The molecule has 0 spiro atoms. The van der Waals surface area contributed by atoms with Crippen LogP contribution in [0.1, 0.15) is 59.8 Å². The molecule has 0 rings (SSSR count). The summed E-state index contributed by atoms with van der Waals surface area (Å²) >= 11 is 0. The van der Waals surface area contributed by atoms with Gasteiger partial charge in [0.1, 0.15) is 6.04 Å². The molecule has 0 saturated carbocycles. The summed E-state index contributed by atoms with van der Waals surface area (Å²) in [6.45, 7) is 8.26. The summed E-state index contributed by atoms with van der Waals surface area (Å²) in [5, 5.41) is 0. The van der Waals surface area contributed by atoms with Gasteiger partial charge in [0.05, 0.1) is 0 Å². The molecular formula is C15H30N2O2. The lowest BCUT2D eigenvalue weighted by atomic mass is 9.95. The summed E-state index contributed by atoms with van der Waals surface area (Å²) in [4.78, 5) is 25.1. The summed E-state index contributed by atoms with van der Waals surface area (Å²) < 4.78 is 0. The molecule has 0 aliphatic rings. The molecule has 4 heteroatoms. The second kappa shape index (κ2) is 8.94. The first-order chi connectivity index (χ1) is 8.79. The normalized spacial score (nSPS) is 14.2. The highest BCUT2D eigenvalue weighted by atomic mass is 16.2. The first-order valence-electron chi connectivity index (χ1n) is 7.34. The number of unbranched alkanes of at least 4 members (excludes halogenated alkanes) is 1. The molecule has 0 unspecified atom stereocenters. The zero-order valence-corrected chi connectivity index (χ0v) is 13.1. The van der Waals surface area contributed by atoms with Gasteiger partial charge in [-0.15, -0.1) is 0 Å². The fourth-order valence-corrected chi connectivity index (χ4v) is 2.18. The lowest BCUT2D eigenvalue weighted by Gasteiger charge is -2.28. The van der Waals surface area contributed by atoms with Crippen LogP contribution in [-0.2, 0) is 9.59 Å². The molecule has 19 heavy (non-hydrogen) atoms. The van der Waals surface area contributed by atoms with Gasteiger partial charge in [-0.1, -0.05) is 47.0 Å². The number of hydrogen-bond donors (Lipinski definition) is 1. The molecule has 4 nitrogen and oxygen atoms in total. The smallest absolute Gasteiger partial charge is 0.240 e. The Morgan fingerprint density at radius 1 is 1.21 bits per heavy atom. The minimum atomic E-state index is -0.474. The lowest BCUT2D eigenvalue weighted by Crippen LogP contribution is -2.46. The summed E-state index contributed by atoms with van der Waals surface area (Å²) in [5.74, 6) is 0.303. The number of nitrogens with two attached hydrogens (primary N) is 1. The van der Waals surface area contributed by atoms with Gasteiger partial charge in [-0.25, -0.2) is 0 Å². The number of amides is 2. The summed E-state index contributed by atoms with van der Waals surface area (Å²) in [6, 6.07) is -0.474. The second-order valence-electron chi connectivity index (χ2n) is 6.00. The van der Waals surface area contributed by atoms with Crippen LogP contribution in [0.4, 0.5) is 0 Å². The van der Waals surface area contributed by atoms with Gasteiger partial charge in [-0.3, -0.25) is 9.59 Å². The molecule has 0 aliphatic carbocycles. The van der Waals surface area contributed by atoms with Gasteiger partial charge in [0.2, 0.25) is 11.8 Å². The highest BCUT2D eigenvalue weighted by molar-refractivity contribution is 5.86. The van der Waals surface area contributed by atoms with Gasteiger partial charge >= 0.3 is 0 Å².